The Labute approximate surface area is 187 Å². The highest BCUT2D eigenvalue weighted by molar-refractivity contribution is 7.89. The summed E-state index contributed by atoms with van der Waals surface area (Å²) in [6.07, 6.45) is 1.90. The van der Waals surface area contributed by atoms with Gasteiger partial charge in [-0.25, -0.2) is 13.1 Å². The van der Waals surface area contributed by atoms with Crippen LogP contribution < -0.4 is 10.0 Å². The number of anilines is 1. The zero-order chi connectivity index (χ0) is 23.0. The molecule has 0 spiro atoms. The van der Waals surface area contributed by atoms with Crippen LogP contribution in [0.25, 0.3) is 0 Å². The maximum Gasteiger partial charge on any atom is 0.262 e. The van der Waals surface area contributed by atoms with Gasteiger partial charge in [-0.15, -0.1) is 0 Å². The molecule has 168 valence electrons. The van der Waals surface area contributed by atoms with Crippen LogP contribution in [-0.4, -0.2) is 43.1 Å². The van der Waals surface area contributed by atoms with Crippen molar-refractivity contribution in [3.8, 4) is 0 Å². The molecule has 0 unspecified atom stereocenters. The number of nitrogens with one attached hydrogen (secondary N) is 2. The SMILES string of the molecule is CC(C)C[C@H](C(=O)Nc1cccc(S(=O)(=O)NC2CC2)c1)N1C(=O)c2ccccc2C1=O. The van der Waals surface area contributed by atoms with Crippen LogP contribution in [0.3, 0.4) is 0 Å². The molecular formula is C23H25N3O5S. The Morgan fingerprint density at radius 1 is 1.03 bits per heavy atom. The number of fused-ring (bicyclic) bond motifs is 1. The van der Waals surface area contributed by atoms with Gasteiger partial charge in [0.2, 0.25) is 15.9 Å². The van der Waals surface area contributed by atoms with Crippen molar-refractivity contribution in [3.63, 3.8) is 0 Å². The molecule has 0 bridgehead atoms. The molecule has 8 nitrogen and oxygen atoms in total. The van der Waals surface area contributed by atoms with E-state index in [-0.39, 0.29) is 40.1 Å². The Morgan fingerprint density at radius 2 is 1.66 bits per heavy atom. The maximum absolute atomic E-state index is 13.2. The summed E-state index contributed by atoms with van der Waals surface area (Å²) in [6, 6.07) is 11.4. The normalized spacial score (nSPS) is 16.9. The van der Waals surface area contributed by atoms with Gasteiger partial charge in [0.25, 0.3) is 11.8 Å². The highest BCUT2D eigenvalue weighted by Crippen LogP contribution is 2.28. The molecule has 2 aromatic rings. The minimum Gasteiger partial charge on any atom is -0.324 e. The van der Waals surface area contributed by atoms with Gasteiger partial charge in [0.05, 0.1) is 16.0 Å². The third kappa shape index (κ3) is 4.44. The van der Waals surface area contributed by atoms with Crippen LogP contribution in [-0.2, 0) is 14.8 Å². The van der Waals surface area contributed by atoms with E-state index >= 15 is 0 Å². The molecule has 2 N–H and O–H groups in total. The maximum atomic E-state index is 13.2. The van der Waals surface area contributed by atoms with Crippen molar-refractivity contribution in [2.75, 3.05) is 5.32 Å². The van der Waals surface area contributed by atoms with Gasteiger partial charge in [0, 0.05) is 11.7 Å². The Balaban J connectivity index is 1.58. The van der Waals surface area contributed by atoms with E-state index < -0.39 is 33.8 Å². The average Bonchev–Trinajstić information content (AvgIpc) is 3.52. The summed E-state index contributed by atoms with van der Waals surface area (Å²) in [5.41, 5.74) is 0.829. The number of carbonyl (C=O) groups is 3. The molecule has 1 fully saturated rings. The number of sulfonamides is 1. The van der Waals surface area contributed by atoms with Crippen LogP contribution in [0.5, 0.6) is 0 Å². The quantitative estimate of drug-likeness (QED) is 0.595. The van der Waals surface area contributed by atoms with Gasteiger partial charge < -0.3 is 5.32 Å². The van der Waals surface area contributed by atoms with Gasteiger partial charge in [-0.2, -0.15) is 0 Å². The zero-order valence-corrected chi connectivity index (χ0v) is 18.7. The number of carbonyl (C=O) groups excluding carboxylic acids is 3. The monoisotopic (exact) mass is 455 g/mol. The van der Waals surface area contributed by atoms with Crippen molar-refractivity contribution in [1.82, 2.24) is 9.62 Å². The first-order valence-corrected chi connectivity index (χ1v) is 12.1. The predicted molar refractivity (Wildman–Crippen MR) is 119 cm³/mol. The molecular weight excluding hydrogens is 430 g/mol. The van der Waals surface area contributed by atoms with Crippen LogP contribution in [0, 0.1) is 5.92 Å². The molecule has 9 heteroatoms. The number of rotatable bonds is 8. The van der Waals surface area contributed by atoms with Gasteiger partial charge in [-0.3, -0.25) is 19.3 Å². The summed E-state index contributed by atoms with van der Waals surface area (Å²) >= 11 is 0. The lowest BCUT2D eigenvalue weighted by molar-refractivity contribution is -0.120. The van der Waals surface area contributed by atoms with E-state index in [0.29, 0.717) is 0 Å². The summed E-state index contributed by atoms with van der Waals surface area (Å²) in [6.45, 7) is 3.80. The molecule has 1 saturated carbocycles. The fourth-order valence-corrected chi connectivity index (χ4v) is 5.07. The number of imide groups is 1. The third-order valence-corrected chi connectivity index (χ3v) is 6.96. The Kier molecular flexibility index (Phi) is 5.87. The number of benzene rings is 2. The first-order chi connectivity index (χ1) is 15.2. The minimum atomic E-state index is -3.68. The van der Waals surface area contributed by atoms with E-state index in [4.69, 9.17) is 0 Å². The van der Waals surface area contributed by atoms with E-state index in [9.17, 15) is 22.8 Å². The van der Waals surface area contributed by atoms with Crippen LogP contribution in [0.15, 0.2) is 53.4 Å². The molecule has 4 rings (SSSR count). The highest BCUT2D eigenvalue weighted by atomic mass is 32.2. The number of amides is 3. The van der Waals surface area contributed by atoms with Crippen LogP contribution >= 0.6 is 0 Å². The standard InChI is InChI=1S/C23H25N3O5S/c1-14(2)12-20(26-22(28)18-8-3-4-9-19(18)23(26)29)21(27)24-16-6-5-7-17(13-16)32(30,31)25-15-10-11-15/h3-9,13-15,20,25H,10-12H2,1-2H3,(H,24,27)/t20-/m1/s1. The van der Waals surface area contributed by atoms with E-state index in [1.165, 1.54) is 18.2 Å². The van der Waals surface area contributed by atoms with Crippen molar-refractivity contribution in [3.05, 3.63) is 59.7 Å². The smallest absolute Gasteiger partial charge is 0.262 e. The number of nitrogens with zero attached hydrogens (tertiary/aromatic N) is 1. The summed E-state index contributed by atoms with van der Waals surface area (Å²) in [5, 5.41) is 2.70. The predicted octanol–water partition coefficient (Wildman–Crippen LogP) is 2.78. The topological polar surface area (TPSA) is 113 Å². The number of hydrogen-bond donors (Lipinski definition) is 2. The first kappa shape index (κ1) is 22.2. The highest BCUT2D eigenvalue weighted by Gasteiger charge is 2.42. The first-order valence-electron chi connectivity index (χ1n) is 10.6. The average molecular weight is 456 g/mol. The largest absolute Gasteiger partial charge is 0.324 e. The molecule has 1 aliphatic heterocycles. The molecule has 2 aliphatic rings. The molecule has 3 amide bonds. The molecule has 1 heterocycles. The second-order valence-corrected chi connectivity index (χ2v) is 10.3. The van der Waals surface area contributed by atoms with Crippen LogP contribution in [0.1, 0.15) is 53.8 Å². The second-order valence-electron chi connectivity index (χ2n) is 8.58. The van der Waals surface area contributed by atoms with Gasteiger partial charge in [0.15, 0.2) is 0 Å². The summed E-state index contributed by atoms with van der Waals surface area (Å²) in [4.78, 5) is 40.1. The summed E-state index contributed by atoms with van der Waals surface area (Å²) in [7, 11) is -3.68. The van der Waals surface area contributed by atoms with Crippen molar-refractivity contribution >= 4 is 33.4 Å². The lowest BCUT2D eigenvalue weighted by Crippen LogP contribution is -2.48. The van der Waals surface area contributed by atoms with Gasteiger partial charge >= 0.3 is 0 Å². The second kappa shape index (κ2) is 8.48. The van der Waals surface area contributed by atoms with Gasteiger partial charge in [-0.05, 0) is 55.5 Å². The van der Waals surface area contributed by atoms with Crippen molar-refractivity contribution < 1.29 is 22.8 Å². The van der Waals surface area contributed by atoms with E-state index in [1.807, 2.05) is 13.8 Å². The summed E-state index contributed by atoms with van der Waals surface area (Å²) in [5.74, 6) is -1.52. The Morgan fingerprint density at radius 3 is 2.22 bits per heavy atom. The lowest BCUT2D eigenvalue weighted by atomic mass is 10.0. The Bertz CT molecular complexity index is 1150. The molecule has 1 aliphatic carbocycles. The molecule has 0 radical (unpaired) electrons. The fourth-order valence-electron chi connectivity index (χ4n) is 3.72. The molecule has 1 atom stereocenters. The van der Waals surface area contributed by atoms with E-state index in [0.717, 1.165) is 17.7 Å². The van der Waals surface area contributed by atoms with Crippen molar-refractivity contribution in [2.24, 2.45) is 5.92 Å². The molecule has 0 saturated heterocycles. The fraction of sp³-hybridized carbons (Fsp3) is 0.348. The third-order valence-electron chi connectivity index (χ3n) is 5.45. The van der Waals surface area contributed by atoms with Crippen LogP contribution in [0.2, 0.25) is 0 Å². The molecule has 2 aromatic carbocycles. The van der Waals surface area contributed by atoms with E-state index in [1.54, 1.807) is 30.3 Å². The van der Waals surface area contributed by atoms with Gasteiger partial charge in [-0.1, -0.05) is 32.0 Å². The Hall–Kier alpha value is -3.04. The van der Waals surface area contributed by atoms with Crippen molar-refractivity contribution in [1.29, 1.82) is 0 Å². The van der Waals surface area contributed by atoms with Gasteiger partial charge in [0.1, 0.15) is 6.04 Å². The van der Waals surface area contributed by atoms with Crippen molar-refractivity contribution in [2.45, 2.75) is 50.1 Å². The molecule has 32 heavy (non-hydrogen) atoms. The summed E-state index contributed by atoms with van der Waals surface area (Å²) < 4.78 is 27.6. The van der Waals surface area contributed by atoms with E-state index in [2.05, 4.69) is 10.0 Å². The molecule has 0 aromatic heterocycles. The zero-order valence-electron chi connectivity index (χ0n) is 17.9. The lowest BCUT2D eigenvalue weighted by Gasteiger charge is -2.26. The van der Waals surface area contributed by atoms with Crippen LogP contribution in [0.4, 0.5) is 5.69 Å². The minimum absolute atomic E-state index is 0.0320. The number of hydrogen-bond acceptors (Lipinski definition) is 5.